The molecule has 1 heterocycles. The third-order valence-electron chi connectivity index (χ3n) is 3.84. The Kier molecular flexibility index (Phi) is 6.26. The average molecular weight is 212 g/mol. The van der Waals surface area contributed by atoms with Gasteiger partial charge in [0.2, 0.25) is 0 Å². The number of nitrogens with one attached hydrogen (secondary N) is 1. The predicted octanol–water partition coefficient (Wildman–Crippen LogP) is 2.50. The number of hydrogen-bond acceptors (Lipinski definition) is 2. The van der Waals surface area contributed by atoms with Gasteiger partial charge in [-0.1, -0.05) is 26.7 Å². The van der Waals surface area contributed by atoms with E-state index in [-0.39, 0.29) is 0 Å². The highest BCUT2D eigenvalue weighted by atomic mass is 15.1. The van der Waals surface area contributed by atoms with E-state index >= 15 is 0 Å². The van der Waals surface area contributed by atoms with Gasteiger partial charge in [0.1, 0.15) is 0 Å². The molecule has 1 saturated heterocycles. The van der Waals surface area contributed by atoms with Gasteiger partial charge >= 0.3 is 0 Å². The summed E-state index contributed by atoms with van der Waals surface area (Å²) in [7, 11) is 0. The molecule has 0 amide bonds. The maximum absolute atomic E-state index is 3.64. The largest absolute Gasteiger partial charge is 0.313 e. The zero-order chi connectivity index (χ0) is 11.1. The van der Waals surface area contributed by atoms with Crippen LogP contribution in [0, 0.1) is 5.92 Å². The minimum atomic E-state index is 0.666. The Balaban J connectivity index is 2.04. The minimum Gasteiger partial charge on any atom is -0.313 e. The first-order chi connectivity index (χ1) is 7.24. The first kappa shape index (κ1) is 13.0. The van der Waals surface area contributed by atoms with Crippen molar-refractivity contribution in [1.29, 1.82) is 0 Å². The second-order valence-electron chi connectivity index (χ2n) is 5.03. The van der Waals surface area contributed by atoms with Gasteiger partial charge in [0.15, 0.2) is 0 Å². The lowest BCUT2D eigenvalue weighted by Crippen LogP contribution is -2.40. The van der Waals surface area contributed by atoms with Crippen LogP contribution in [0.25, 0.3) is 0 Å². The topological polar surface area (TPSA) is 15.3 Å². The Labute approximate surface area is 95.4 Å². The van der Waals surface area contributed by atoms with Crippen molar-refractivity contribution >= 4 is 0 Å². The highest BCUT2D eigenvalue weighted by Gasteiger charge is 2.11. The van der Waals surface area contributed by atoms with E-state index < -0.39 is 0 Å². The predicted molar refractivity (Wildman–Crippen MR) is 67.2 cm³/mol. The normalized spacial score (nSPS) is 22.6. The standard InChI is InChI=1S/C13H28N2/c1-4-12(2)13(3)14-8-11-15-9-6-5-7-10-15/h12-14H,4-11H2,1-3H3. The summed E-state index contributed by atoms with van der Waals surface area (Å²) in [5, 5.41) is 3.64. The molecule has 15 heavy (non-hydrogen) atoms. The molecule has 1 aliphatic rings. The van der Waals surface area contributed by atoms with E-state index in [9.17, 15) is 0 Å². The second kappa shape index (κ2) is 7.24. The summed E-state index contributed by atoms with van der Waals surface area (Å²) in [6.45, 7) is 11.9. The Morgan fingerprint density at radius 3 is 2.40 bits per heavy atom. The SMILES string of the molecule is CCC(C)C(C)NCCN1CCCCC1. The van der Waals surface area contributed by atoms with Gasteiger partial charge < -0.3 is 10.2 Å². The van der Waals surface area contributed by atoms with E-state index in [1.165, 1.54) is 45.3 Å². The van der Waals surface area contributed by atoms with Crippen molar-refractivity contribution in [3.8, 4) is 0 Å². The second-order valence-corrected chi connectivity index (χ2v) is 5.03. The number of nitrogens with zero attached hydrogens (tertiary/aromatic N) is 1. The van der Waals surface area contributed by atoms with Crippen molar-refractivity contribution in [2.24, 2.45) is 5.92 Å². The van der Waals surface area contributed by atoms with Crippen molar-refractivity contribution < 1.29 is 0 Å². The van der Waals surface area contributed by atoms with E-state index in [1.54, 1.807) is 0 Å². The number of piperidine rings is 1. The molecule has 2 heteroatoms. The smallest absolute Gasteiger partial charge is 0.0107 e. The van der Waals surface area contributed by atoms with Crippen LogP contribution >= 0.6 is 0 Å². The van der Waals surface area contributed by atoms with Crippen LogP contribution in [0.3, 0.4) is 0 Å². The van der Waals surface area contributed by atoms with Crippen molar-refractivity contribution in [3.05, 3.63) is 0 Å². The fourth-order valence-electron chi connectivity index (χ4n) is 2.19. The Hall–Kier alpha value is -0.0800. The maximum Gasteiger partial charge on any atom is 0.0107 e. The monoisotopic (exact) mass is 212 g/mol. The van der Waals surface area contributed by atoms with Crippen LogP contribution in [0.15, 0.2) is 0 Å². The summed E-state index contributed by atoms with van der Waals surface area (Å²) in [6, 6.07) is 0.666. The fourth-order valence-corrected chi connectivity index (χ4v) is 2.19. The average Bonchev–Trinajstić information content (AvgIpc) is 2.29. The van der Waals surface area contributed by atoms with Gasteiger partial charge in [-0.2, -0.15) is 0 Å². The van der Waals surface area contributed by atoms with Crippen LogP contribution in [-0.2, 0) is 0 Å². The first-order valence-corrected chi connectivity index (χ1v) is 6.69. The molecule has 0 saturated carbocycles. The minimum absolute atomic E-state index is 0.666. The molecule has 90 valence electrons. The molecule has 0 aromatic heterocycles. The van der Waals surface area contributed by atoms with Crippen molar-refractivity contribution in [2.75, 3.05) is 26.2 Å². The summed E-state index contributed by atoms with van der Waals surface area (Å²) in [4.78, 5) is 2.60. The van der Waals surface area contributed by atoms with Crippen LogP contribution < -0.4 is 5.32 Å². The number of rotatable bonds is 6. The van der Waals surface area contributed by atoms with Gasteiger partial charge in [0.25, 0.3) is 0 Å². The molecular formula is C13H28N2. The Bertz CT molecular complexity index is 151. The quantitative estimate of drug-likeness (QED) is 0.728. The molecule has 0 aromatic carbocycles. The van der Waals surface area contributed by atoms with Crippen LogP contribution in [-0.4, -0.2) is 37.1 Å². The Morgan fingerprint density at radius 2 is 1.80 bits per heavy atom. The lowest BCUT2D eigenvalue weighted by molar-refractivity contribution is 0.223. The van der Waals surface area contributed by atoms with E-state index in [1.807, 2.05) is 0 Å². The van der Waals surface area contributed by atoms with E-state index in [0.717, 1.165) is 12.5 Å². The Morgan fingerprint density at radius 1 is 1.13 bits per heavy atom. The van der Waals surface area contributed by atoms with Gasteiger partial charge in [-0.25, -0.2) is 0 Å². The molecule has 1 aliphatic heterocycles. The van der Waals surface area contributed by atoms with Gasteiger partial charge in [-0.15, -0.1) is 0 Å². The molecule has 1 fully saturated rings. The van der Waals surface area contributed by atoms with Crippen LogP contribution in [0.1, 0.15) is 46.5 Å². The molecule has 0 radical (unpaired) electrons. The molecule has 0 aliphatic carbocycles. The number of likely N-dealkylation sites (tertiary alicyclic amines) is 1. The van der Waals surface area contributed by atoms with Gasteiger partial charge in [-0.3, -0.25) is 0 Å². The lowest BCUT2D eigenvalue weighted by Gasteiger charge is -2.28. The molecule has 0 spiro atoms. The molecular weight excluding hydrogens is 184 g/mol. The highest BCUT2D eigenvalue weighted by molar-refractivity contribution is 4.70. The van der Waals surface area contributed by atoms with Crippen molar-refractivity contribution in [3.63, 3.8) is 0 Å². The lowest BCUT2D eigenvalue weighted by atomic mass is 10.0. The summed E-state index contributed by atoms with van der Waals surface area (Å²) in [5.74, 6) is 0.798. The van der Waals surface area contributed by atoms with Gasteiger partial charge in [-0.05, 0) is 38.8 Å². The summed E-state index contributed by atoms with van der Waals surface area (Å²) < 4.78 is 0. The summed E-state index contributed by atoms with van der Waals surface area (Å²) in [5.41, 5.74) is 0. The van der Waals surface area contributed by atoms with Gasteiger partial charge in [0, 0.05) is 19.1 Å². The number of hydrogen-bond donors (Lipinski definition) is 1. The van der Waals surface area contributed by atoms with Crippen LogP contribution in [0.5, 0.6) is 0 Å². The molecule has 2 nitrogen and oxygen atoms in total. The van der Waals surface area contributed by atoms with E-state index in [0.29, 0.717) is 6.04 Å². The summed E-state index contributed by atoms with van der Waals surface area (Å²) in [6.07, 6.45) is 5.52. The molecule has 1 N–H and O–H groups in total. The fraction of sp³-hybridized carbons (Fsp3) is 1.00. The van der Waals surface area contributed by atoms with Crippen molar-refractivity contribution in [1.82, 2.24) is 10.2 Å². The summed E-state index contributed by atoms with van der Waals surface area (Å²) >= 11 is 0. The van der Waals surface area contributed by atoms with Crippen molar-refractivity contribution in [2.45, 2.75) is 52.5 Å². The van der Waals surface area contributed by atoms with Crippen LogP contribution in [0.2, 0.25) is 0 Å². The molecule has 0 bridgehead atoms. The third-order valence-corrected chi connectivity index (χ3v) is 3.84. The van der Waals surface area contributed by atoms with E-state index in [2.05, 4.69) is 31.0 Å². The first-order valence-electron chi connectivity index (χ1n) is 6.69. The zero-order valence-electron chi connectivity index (χ0n) is 10.8. The molecule has 2 atom stereocenters. The van der Waals surface area contributed by atoms with Crippen LogP contribution in [0.4, 0.5) is 0 Å². The van der Waals surface area contributed by atoms with E-state index in [4.69, 9.17) is 0 Å². The zero-order valence-corrected chi connectivity index (χ0v) is 10.8. The molecule has 1 rings (SSSR count). The molecule has 0 aromatic rings. The maximum atomic E-state index is 3.64. The highest BCUT2D eigenvalue weighted by Crippen LogP contribution is 2.08. The molecule has 2 unspecified atom stereocenters. The third kappa shape index (κ3) is 4.98. The van der Waals surface area contributed by atoms with Gasteiger partial charge in [0.05, 0.1) is 0 Å².